The van der Waals surface area contributed by atoms with Crippen molar-refractivity contribution in [2.75, 3.05) is 43.1 Å². The second-order valence-corrected chi connectivity index (χ2v) is 9.02. The number of anilines is 2. The number of carbonyl (C=O) groups excluding carboxylic acids is 1. The summed E-state index contributed by atoms with van der Waals surface area (Å²) in [6.07, 6.45) is 1.50. The van der Waals surface area contributed by atoms with Crippen LogP contribution in [0.5, 0.6) is 5.75 Å². The SMILES string of the molecule is COc1ccc2c(c1)N1CCN(c3ccc(F)cc3)C[C@H]1[C@H](C(=O)NCCc1ccccc1)C2. The molecule has 34 heavy (non-hydrogen) atoms. The fraction of sp³-hybridized carbons (Fsp3) is 0.321. The number of carbonyl (C=O) groups is 1. The molecule has 0 radical (unpaired) electrons. The van der Waals surface area contributed by atoms with Crippen LogP contribution >= 0.6 is 0 Å². The van der Waals surface area contributed by atoms with Gasteiger partial charge in [0.25, 0.3) is 0 Å². The Labute approximate surface area is 200 Å². The van der Waals surface area contributed by atoms with E-state index >= 15 is 0 Å². The van der Waals surface area contributed by atoms with Crippen molar-refractivity contribution in [3.63, 3.8) is 0 Å². The average Bonchev–Trinajstić information content (AvgIpc) is 2.88. The van der Waals surface area contributed by atoms with Gasteiger partial charge in [-0.05, 0) is 54.3 Å². The van der Waals surface area contributed by atoms with E-state index in [-0.39, 0.29) is 23.7 Å². The summed E-state index contributed by atoms with van der Waals surface area (Å²) in [5.41, 5.74) is 4.53. The normalized spacial score (nSPS) is 19.2. The number of hydrogen-bond acceptors (Lipinski definition) is 4. The zero-order valence-corrected chi connectivity index (χ0v) is 19.4. The Balaban J connectivity index is 1.37. The van der Waals surface area contributed by atoms with Crippen LogP contribution in [-0.2, 0) is 17.6 Å². The summed E-state index contributed by atoms with van der Waals surface area (Å²) in [6, 6.07) is 23.0. The molecular weight excluding hydrogens is 429 g/mol. The highest BCUT2D eigenvalue weighted by Gasteiger charge is 2.41. The second-order valence-electron chi connectivity index (χ2n) is 9.02. The molecule has 0 aliphatic carbocycles. The van der Waals surface area contributed by atoms with Crippen LogP contribution in [0.3, 0.4) is 0 Å². The van der Waals surface area contributed by atoms with Gasteiger partial charge in [0.2, 0.25) is 5.91 Å². The molecule has 1 amide bonds. The van der Waals surface area contributed by atoms with Crippen molar-refractivity contribution in [2.45, 2.75) is 18.9 Å². The van der Waals surface area contributed by atoms with Crippen LogP contribution < -0.4 is 19.9 Å². The first-order chi connectivity index (χ1) is 16.6. The number of nitrogens with one attached hydrogen (secondary N) is 1. The van der Waals surface area contributed by atoms with E-state index in [0.29, 0.717) is 19.5 Å². The molecule has 1 N–H and O–H groups in total. The third kappa shape index (κ3) is 4.58. The summed E-state index contributed by atoms with van der Waals surface area (Å²) in [5, 5.41) is 3.19. The summed E-state index contributed by atoms with van der Waals surface area (Å²) in [6.45, 7) is 2.92. The summed E-state index contributed by atoms with van der Waals surface area (Å²) in [4.78, 5) is 18.1. The van der Waals surface area contributed by atoms with E-state index in [4.69, 9.17) is 4.74 Å². The van der Waals surface area contributed by atoms with Gasteiger partial charge in [0.05, 0.1) is 19.1 Å². The number of rotatable bonds is 6. The van der Waals surface area contributed by atoms with Gasteiger partial charge < -0.3 is 19.9 Å². The van der Waals surface area contributed by atoms with Gasteiger partial charge in [-0.3, -0.25) is 4.79 Å². The van der Waals surface area contributed by atoms with Crippen molar-refractivity contribution in [2.24, 2.45) is 5.92 Å². The lowest BCUT2D eigenvalue weighted by Gasteiger charge is -2.49. The van der Waals surface area contributed by atoms with E-state index < -0.39 is 0 Å². The Kier molecular flexibility index (Phi) is 6.39. The third-order valence-corrected chi connectivity index (χ3v) is 7.01. The van der Waals surface area contributed by atoms with Crippen molar-refractivity contribution in [3.8, 4) is 5.75 Å². The molecule has 6 heteroatoms. The molecule has 0 aromatic heterocycles. The van der Waals surface area contributed by atoms with Gasteiger partial charge in [-0.1, -0.05) is 36.4 Å². The van der Waals surface area contributed by atoms with Crippen LogP contribution in [0, 0.1) is 11.7 Å². The van der Waals surface area contributed by atoms with Crippen molar-refractivity contribution in [1.29, 1.82) is 0 Å². The first kappa shape index (κ1) is 22.3. The van der Waals surface area contributed by atoms with Crippen LogP contribution in [0.15, 0.2) is 72.8 Å². The molecule has 5 nitrogen and oxygen atoms in total. The Hall–Kier alpha value is -3.54. The summed E-state index contributed by atoms with van der Waals surface area (Å²) >= 11 is 0. The van der Waals surface area contributed by atoms with E-state index in [0.717, 1.165) is 36.6 Å². The first-order valence-electron chi connectivity index (χ1n) is 11.9. The van der Waals surface area contributed by atoms with Crippen molar-refractivity contribution < 1.29 is 13.9 Å². The van der Waals surface area contributed by atoms with Crippen molar-refractivity contribution in [1.82, 2.24) is 5.32 Å². The Morgan fingerprint density at radius 2 is 1.85 bits per heavy atom. The van der Waals surface area contributed by atoms with Gasteiger partial charge >= 0.3 is 0 Å². The molecular formula is C28H30FN3O2. The molecule has 1 fully saturated rings. The molecule has 176 valence electrons. The van der Waals surface area contributed by atoms with E-state index in [1.54, 1.807) is 7.11 Å². The van der Waals surface area contributed by atoms with Gasteiger partial charge in [-0.2, -0.15) is 0 Å². The second kappa shape index (κ2) is 9.75. The molecule has 5 rings (SSSR count). The van der Waals surface area contributed by atoms with E-state index in [9.17, 15) is 9.18 Å². The number of nitrogens with zero attached hydrogens (tertiary/aromatic N) is 2. The first-order valence-corrected chi connectivity index (χ1v) is 11.9. The van der Waals surface area contributed by atoms with Crippen LogP contribution in [0.25, 0.3) is 0 Å². The summed E-state index contributed by atoms with van der Waals surface area (Å²) in [5.74, 6) is 0.509. The van der Waals surface area contributed by atoms with Crippen LogP contribution in [0.1, 0.15) is 11.1 Å². The molecule has 2 heterocycles. The lowest BCUT2D eigenvalue weighted by atomic mass is 9.83. The summed E-state index contributed by atoms with van der Waals surface area (Å²) < 4.78 is 19.0. The van der Waals surface area contributed by atoms with E-state index in [1.165, 1.54) is 23.3 Å². The number of amides is 1. The van der Waals surface area contributed by atoms with Crippen molar-refractivity contribution in [3.05, 3.63) is 89.7 Å². The minimum absolute atomic E-state index is 0.0233. The Morgan fingerprint density at radius 1 is 1.06 bits per heavy atom. The van der Waals surface area contributed by atoms with Gasteiger partial charge in [0.1, 0.15) is 11.6 Å². The fourth-order valence-corrected chi connectivity index (χ4v) is 5.20. The zero-order valence-electron chi connectivity index (χ0n) is 19.4. The van der Waals surface area contributed by atoms with Gasteiger partial charge in [0, 0.05) is 43.6 Å². The maximum Gasteiger partial charge on any atom is 0.225 e. The average molecular weight is 460 g/mol. The van der Waals surface area contributed by atoms with Crippen LogP contribution in [0.4, 0.5) is 15.8 Å². The molecule has 0 bridgehead atoms. The molecule has 2 aliphatic rings. The lowest BCUT2D eigenvalue weighted by molar-refractivity contribution is -0.125. The minimum Gasteiger partial charge on any atom is -0.497 e. The van der Waals surface area contributed by atoms with Crippen LogP contribution in [0.2, 0.25) is 0 Å². The predicted octanol–water partition coefficient (Wildman–Crippen LogP) is 4.06. The van der Waals surface area contributed by atoms with Gasteiger partial charge in [-0.15, -0.1) is 0 Å². The van der Waals surface area contributed by atoms with Crippen molar-refractivity contribution >= 4 is 17.3 Å². The number of hydrogen-bond donors (Lipinski definition) is 1. The number of halogens is 1. The maximum absolute atomic E-state index is 13.5. The highest BCUT2D eigenvalue weighted by Crippen LogP contribution is 2.39. The molecule has 0 unspecified atom stereocenters. The van der Waals surface area contributed by atoms with E-state index in [1.807, 2.05) is 36.4 Å². The summed E-state index contributed by atoms with van der Waals surface area (Å²) in [7, 11) is 1.68. The molecule has 2 atom stereocenters. The number of benzene rings is 3. The quantitative estimate of drug-likeness (QED) is 0.604. The Bertz CT molecular complexity index is 1140. The monoisotopic (exact) mass is 459 g/mol. The number of methoxy groups -OCH3 is 1. The van der Waals surface area contributed by atoms with Gasteiger partial charge in [-0.25, -0.2) is 4.39 Å². The maximum atomic E-state index is 13.5. The molecule has 2 aliphatic heterocycles. The molecule has 0 spiro atoms. The zero-order chi connectivity index (χ0) is 23.5. The highest BCUT2D eigenvalue weighted by molar-refractivity contribution is 5.82. The van der Waals surface area contributed by atoms with Gasteiger partial charge in [0.15, 0.2) is 0 Å². The number of fused-ring (bicyclic) bond motifs is 3. The largest absolute Gasteiger partial charge is 0.497 e. The number of ether oxygens (including phenoxy) is 1. The molecule has 0 saturated carbocycles. The van der Waals surface area contributed by atoms with Crippen LogP contribution in [-0.4, -0.2) is 45.2 Å². The molecule has 3 aromatic carbocycles. The molecule has 1 saturated heterocycles. The minimum atomic E-state index is -0.239. The number of piperazine rings is 1. The molecule has 3 aromatic rings. The predicted molar refractivity (Wildman–Crippen MR) is 133 cm³/mol. The smallest absolute Gasteiger partial charge is 0.225 e. The third-order valence-electron chi connectivity index (χ3n) is 7.01. The topological polar surface area (TPSA) is 44.8 Å². The fourth-order valence-electron chi connectivity index (χ4n) is 5.20. The standard InChI is InChI=1S/C28H30FN3O2/c1-34-24-12-7-21-17-25(28(33)30-14-13-20-5-3-2-4-6-20)27-19-31(15-16-32(27)26(21)18-24)23-10-8-22(29)9-11-23/h2-12,18,25,27H,13-17,19H2,1H3,(H,30,33)/t25-,27+/m1/s1. The lowest BCUT2D eigenvalue weighted by Crippen LogP contribution is -2.61. The highest BCUT2D eigenvalue weighted by atomic mass is 19.1. The van der Waals surface area contributed by atoms with E-state index in [2.05, 4.69) is 39.4 Å². The Morgan fingerprint density at radius 3 is 2.62 bits per heavy atom.